The van der Waals surface area contributed by atoms with E-state index in [0.29, 0.717) is 0 Å². The highest BCUT2D eigenvalue weighted by atomic mass is 35.5. The normalized spacial score (nSPS) is 11.7. The first-order valence-electron chi connectivity index (χ1n) is 6.70. The topological polar surface area (TPSA) is 55.4 Å². The number of anilines is 1. The van der Waals surface area contributed by atoms with E-state index < -0.39 is 23.8 Å². The van der Waals surface area contributed by atoms with Crippen molar-refractivity contribution in [2.45, 2.75) is 13.0 Å². The molecule has 0 aliphatic rings. The third-order valence-electron chi connectivity index (χ3n) is 3.01. The molecule has 2 aromatic carbocycles. The van der Waals surface area contributed by atoms with Gasteiger partial charge in [0.2, 0.25) is 0 Å². The van der Waals surface area contributed by atoms with E-state index in [0.717, 1.165) is 12.1 Å². The van der Waals surface area contributed by atoms with E-state index in [4.69, 9.17) is 39.5 Å². The molecule has 1 amide bonds. The van der Waals surface area contributed by atoms with Crippen LogP contribution in [-0.2, 0) is 9.53 Å². The van der Waals surface area contributed by atoms with Gasteiger partial charge in [0.25, 0.3) is 5.91 Å². The summed E-state index contributed by atoms with van der Waals surface area (Å²) in [5, 5.41) is 3.09. The van der Waals surface area contributed by atoms with Gasteiger partial charge in [0.15, 0.2) is 6.10 Å². The molecule has 2 rings (SSSR count). The molecule has 0 unspecified atom stereocenters. The minimum atomic E-state index is -1.21. The summed E-state index contributed by atoms with van der Waals surface area (Å²) in [6, 6.07) is 8.15. The third kappa shape index (κ3) is 4.38. The summed E-state index contributed by atoms with van der Waals surface area (Å²) < 4.78 is 18.6. The van der Waals surface area contributed by atoms with Crippen molar-refractivity contribution in [1.29, 1.82) is 0 Å². The van der Waals surface area contributed by atoms with E-state index >= 15 is 0 Å². The molecule has 0 aliphatic heterocycles. The zero-order valence-corrected chi connectivity index (χ0v) is 14.5. The average Bonchev–Trinajstić information content (AvgIpc) is 2.53. The van der Waals surface area contributed by atoms with Crippen LogP contribution in [0, 0.1) is 5.82 Å². The number of hydrogen-bond acceptors (Lipinski definition) is 3. The highest BCUT2D eigenvalue weighted by Crippen LogP contribution is 2.30. The molecule has 0 aliphatic carbocycles. The van der Waals surface area contributed by atoms with E-state index in [1.165, 1.54) is 13.0 Å². The summed E-state index contributed by atoms with van der Waals surface area (Å²) >= 11 is 17.6. The van der Waals surface area contributed by atoms with E-state index in [-0.39, 0.29) is 26.3 Å². The quantitative estimate of drug-likeness (QED) is 0.750. The first-order valence-corrected chi connectivity index (χ1v) is 7.84. The van der Waals surface area contributed by atoms with Crippen molar-refractivity contribution >= 4 is 52.4 Å². The molecule has 8 heteroatoms. The van der Waals surface area contributed by atoms with Crippen molar-refractivity contribution in [3.63, 3.8) is 0 Å². The maximum atomic E-state index is 13.6. The lowest BCUT2D eigenvalue weighted by Crippen LogP contribution is -2.30. The molecule has 0 spiro atoms. The number of carbonyl (C=O) groups is 2. The van der Waals surface area contributed by atoms with Gasteiger partial charge in [-0.3, -0.25) is 4.79 Å². The first-order chi connectivity index (χ1) is 11.3. The minimum absolute atomic E-state index is 0.170. The fourth-order valence-corrected chi connectivity index (χ4v) is 2.44. The van der Waals surface area contributed by atoms with Crippen LogP contribution in [0.3, 0.4) is 0 Å². The standard InChI is InChI=1S/C16H11Cl3FNO3/c1-8(15(22)21-14-11(18)3-2-4-12(14)19)24-16(23)10-7-9(17)5-6-13(10)20/h2-8H,1H3,(H,21,22)/t8-/m0/s1. The summed E-state index contributed by atoms with van der Waals surface area (Å²) in [6.07, 6.45) is -1.21. The number of nitrogens with one attached hydrogen (secondary N) is 1. The Morgan fingerprint density at radius 3 is 2.38 bits per heavy atom. The van der Waals surface area contributed by atoms with Crippen LogP contribution in [0.4, 0.5) is 10.1 Å². The van der Waals surface area contributed by atoms with Gasteiger partial charge in [-0.05, 0) is 37.3 Å². The number of carbonyl (C=O) groups excluding carboxylic acids is 2. The zero-order chi connectivity index (χ0) is 17.9. The van der Waals surface area contributed by atoms with Crippen LogP contribution in [0.5, 0.6) is 0 Å². The SMILES string of the molecule is C[C@H](OC(=O)c1cc(Cl)ccc1F)C(=O)Nc1c(Cl)cccc1Cl. The van der Waals surface area contributed by atoms with Gasteiger partial charge >= 0.3 is 5.97 Å². The maximum absolute atomic E-state index is 13.6. The van der Waals surface area contributed by atoms with Crippen molar-refractivity contribution in [2.24, 2.45) is 0 Å². The average molecular weight is 391 g/mol. The second kappa shape index (κ2) is 7.83. The lowest BCUT2D eigenvalue weighted by molar-refractivity contribution is -0.123. The predicted octanol–water partition coefficient (Wildman–Crippen LogP) is 4.97. The predicted molar refractivity (Wildman–Crippen MR) is 91.4 cm³/mol. The molecular weight excluding hydrogens is 380 g/mol. The van der Waals surface area contributed by atoms with E-state index in [1.54, 1.807) is 18.2 Å². The molecule has 1 N–H and O–H groups in total. The number of esters is 1. The van der Waals surface area contributed by atoms with Crippen LogP contribution in [0.2, 0.25) is 15.1 Å². The van der Waals surface area contributed by atoms with Crippen molar-refractivity contribution < 1.29 is 18.7 Å². The Bertz CT molecular complexity index is 778. The Hall–Kier alpha value is -1.82. The van der Waals surface area contributed by atoms with Crippen molar-refractivity contribution in [1.82, 2.24) is 0 Å². The Labute approximate surface area is 152 Å². The molecule has 0 radical (unpaired) electrons. The van der Waals surface area contributed by atoms with Crippen LogP contribution >= 0.6 is 34.8 Å². The monoisotopic (exact) mass is 389 g/mol. The molecule has 0 fully saturated rings. The van der Waals surface area contributed by atoms with Crippen molar-refractivity contribution in [2.75, 3.05) is 5.32 Å². The molecule has 0 saturated heterocycles. The number of rotatable bonds is 4. The van der Waals surface area contributed by atoms with E-state index in [9.17, 15) is 14.0 Å². The van der Waals surface area contributed by atoms with Gasteiger partial charge in [-0.1, -0.05) is 40.9 Å². The minimum Gasteiger partial charge on any atom is -0.449 e. The summed E-state index contributed by atoms with van der Waals surface area (Å²) in [6.45, 7) is 1.33. The Balaban J connectivity index is 2.09. The molecule has 1 atom stereocenters. The van der Waals surface area contributed by atoms with Gasteiger partial charge < -0.3 is 10.1 Å². The van der Waals surface area contributed by atoms with Crippen molar-refractivity contribution in [3.8, 4) is 0 Å². The third-order valence-corrected chi connectivity index (χ3v) is 3.88. The molecule has 126 valence electrons. The summed E-state index contributed by atoms with van der Waals surface area (Å²) in [7, 11) is 0. The Morgan fingerprint density at radius 2 is 1.75 bits per heavy atom. The Kier molecular flexibility index (Phi) is 6.04. The summed E-state index contributed by atoms with van der Waals surface area (Å²) in [4.78, 5) is 24.1. The van der Waals surface area contributed by atoms with Gasteiger partial charge in [0.05, 0.1) is 21.3 Å². The fraction of sp³-hybridized carbons (Fsp3) is 0.125. The largest absolute Gasteiger partial charge is 0.449 e. The number of ether oxygens (including phenoxy) is 1. The number of amides is 1. The molecule has 0 saturated carbocycles. The number of para-hydroxylation sites is 1. The van der Waals surface area contributed by atoms with Crippen LogP contribution in [0.1, 0.15) is 17.3 Å². The highest BCUT2D eigenvalue weighted by Gasteiger charge is 2.22. The van der Waals surface area contributed by atoms with Gasteiger partial charge in [0, 0.05) is 5.02 Å². The number of benzene rings is 2. The summed E-state index contributed by atoms with van der Waals surface area (Å²) in [5.41, 5.74) is -0.166. The lowest BCUT2D eigenvalue weighted by Gasteiger charge is -2.15. The fourth-order valence-electron chi connectivity index (χ4n) is 1.77. The number of halogens is 4. The van der Waals surface area contributed by atoms with Gasteiger partial charge in [0.1, 0.15) is 5.82 Å². The molecule has 4 nitrogen and oxygen atoms in total. The molecule has 0 aromatic heterocycles. The van der Waals surface area contributed by atoms with Gasteiger partial charge in [-0.2, -0.15) is 0 Å². The molecule has 2 aromatic rings. The van der Waals surface area contributed by atoms with Gasteiger partial charge in [-0.25, -0.2) is 9.18 Å². The van der Waals surface area contributed by atoms with E-state index in [2.05, 4.69) is 5.32 Å². The molecular formula is C16H11Cl3FNO3. The molecule has 0 bridgehead atoms. The van der Waals surface area contributed by atoms with Crippen LogP contribution in [0.15, 0.2) is 36.4 Å². The van der Waals surface area contributed by atoms with Crippen LogP contribution < -0.4 is 5.32 Å². The maximum Gasteiger partial charge on any atom is 0.341 e. The van der Waals surface area contributed by atoms with Crippen molar-refractivity contribution in [3.05, 3.63) is 62.8 Å². The second-order valence-corrected chi connectivity index (χ2v) is 6.01. The Morgan fingerprint density at radius 1 is 1.12 bits per heavy atom. The van der Waals surface area contributed by atoms with Crippen LogP contribution in [-0.4, -0.2) is 18.0 Å². The number of hydrogen-bond donors (Lipinski definition) is 1. The van der Waals surface area contributed by atoms with Crippen LogP contribution in [0.25, 0.3) is 0 Å². The highest BCUT2D eigenvalue weighted by molar-refractivity contribution is 6.39. The lowest BCUT2D eigenvalue weighted by atomic mass is 10.2. The smallest absolute Gasteiger partial charge is 0.341 e. The zero-order valence-electron chi connectivity index (χ0n) is 12.3. The van der Waals surface area contributed by atoms with Gasteiger partial charge in [-0.15, -0.1) is 0 Å². The second-order valence-electron chi connectivity index (χ2n) is 4.76. The molecule has 24 heavy (non-hydrogen) atoms. The first kappa shape index (κ1) is 18.5. The molecule has 0 heterocycles. The summed E-state index contributed by atoms with van der Waals surface area (Å²) in [5.74, 6) is -2.48. The van der Waals surface area contributed by atoms with E-state index in [1.807, 2.05) is 0 Å².